The zero-order valence-electron chi connectivity index (χ0n) is 18.8. The van der Waals surface area contributed by atoms with Crippen molar-refractivity contribution in [3.63, 3.8) is 0 Å². The van der Waals surface area contributed by atoms with E-state index in [0.717, 1.165) is 23.2 Å². The zero-order chi connectivity index (χ0) is 25.6. The predicted octanol–water partition coefficient (Wildman–Crippen LogP) is 3.77. The first-order valence-electron chi connectivity index (χ1n) is 10.7. The molecule has 36 heavy (non-hydrogen) atoms. The number of primary amides is 1. The van der Waals surface area contributed by atoms with Crippen LogP contribution in [0.3, 0.4) is 0 Å². The van der Waals surface area contributed by atoms with E-state index in [-0.39, 0.29) is 23.4 Å². The summed E-state index contributed by atoms with van der Waals surface area (Å²) < 4.78 is 46.9. The number of anilines is 3. The Balaban J connectivity index is 1.60. The van der Waals surface area contributed by atoms with Gasteiger partial charge in [0.25, 0.3) is 0 Å². The van der Waals surface area contributed by atoms with E-state index < -0.39 is 17.8 Å². The van der Waals surface area contributed by atoms with Crippen molar-refractivity contribution >= 4 is 34.8 Å². The summed E-state index contributed by atoms with van der Waals surface area (Å²) >= 11 is 0. The van der Waals surface area contributed by atoms with E-state index in [2.05, 4.69) is 20.1 Å². The first kappa shape index (κ1) is 23.1. The highest BCUT2D eigenvalue weighted by atomic mass is 19.4. The molecule has 1 aliphatic heterocycles. The number of carbonyl (C=O) groups is 1. The summed E-state index contributed by atoms with van der Waals surface area (Å²) in [6.07, 6.45) is -0.585. The van der Waals surface area contributed by atoms with Crippen LogP contribution in [0.2, 0.25) is 0 Å². The number of amides is 2. The standard InChI is InChI=1S/C23H19F3N8O2/c1-12-10-36-21(32-12)16-9-33-19(20(27)30-11-31-33)18(16)13-2-4-15(5-3-13)34(22(28)35)17-8-14(6-7-29-17)23(24,25)26/h2-9,11-12H,10H2,1H3,(H2,28,35)(H2,27,30,31). The van der Waals surface area contributed by atoms with E-state index in [4.69, 9.17) is 16.2 Å². The van der Waals surface area contributed by atoms with Gasteiger partial charge in [-0.1, -0.05) is 12.1 Å². The number of urea groups is 1. The Morgan fingerprint density at radius 2 is 1.94 bits per heavy atom. The molecule has 0 saturated carbocycles. The van der Waals surface area contributed by atoms with Crippen molar-refractivity contribution in [1.29, 1.82) is 0 Å². The van der Waals surface area contributed by atoms with E-state index in [0.29, 0.717) is 34.7 Å². The maximum absolute atomic E-state index is 13.2. The molecule has 0 saturated heterocycles. The molecule has 184 valence electrons. The maximum atomic E-state index is 13.2. The van der Waals surface area contributed by atoms with Crippen LogP contribution in [0.25, 0.3) is 16.6 Å². The Hall–Kier alpha value is -4.68. The molecule has 4 N–H and O–H groups in total. The predicted molar refractivity (Wildman–Crippen MR) is 126 cm³/mol. The number of nitrogens with two attached hydrogens (primary N) is 2. The maximum Gasteiger partial charge on any atom is 0.416 e. The quantitative estimate of drug-likeness (QED) is 0.441. The van der Waals surface area contributed by atoms with Crippen molar-refractivity contribution in [3.05, 3.63) is 66.2 Å². The van der Waals surface area contributed by atoms with Gasteiger partial charge in [0.05, 0.1) is 22.9 Å². The molecule has 0 aliphatic carbocycles. The van der Waals surface area contributed by atoms with E-state index in [1.165, 1.54) is 18.5 Å². The molecule has 1 aliphatic rings. The summed E-state index contributed by atoms with van der Waals surface area (Å²) in [4.78, 5) is 25.6. The highest BCUT2D eigenvalue weighted by molar-refractivity contribution is 6.07. The smallest absolute Gasteiger partial charge is 0.416 e. The van der Waals surface area contributed by atoms with Gasteiger partial charge in [-0.25, -0.2) is 29.2 Å². The lowest BCUT2D eigenvalue weighted by molar-refractivity contribution is -0.137. The van der Waals surface area contributed by atoms with Gasteiger partial charge < -0.3 is 16.2 Å². The minimum absolute atomic E-state index is 0.0224. The fourth-order valence-electron chi connectivity index (χ4n) is 3.98. The highest BCUT2D eigenvalue weighted by Gasteiger charge is 2.32. The zero-order valence-corrected chi connectivity index (χ0v) is 18.8. The van der Waals surface area contributed by atoms with Gasteiger partial charge in [-0.2, -0.15) is 18.3 Å². The van der Waals surface area contributed by atoms with Crippen LogP contribution < -0.4 is 16.4 Å². The normalized spacial score (nSPS) is 15.6. The monoisotopic (exact) mass is 496 g/mol. The number of aliphatic imine (C=N–C) groups is 1. The number of hydrogen-bond acceptors (Lipinski definition) is 7. The summed E-state index contributed by atoms with van der Waals surface area (Å²) in [7, 11) is 0. The lowest BCUT2D eigenvalue weighted by Crippen LogP contribution is -2.32. The Morgan fingerprint density at radius 3 is 2.58 bits per heavy atom. The van der Waals surface area contributed by atoms with Crippen LogP contribution in [0.4, 0.5) is 35.3 Å². The Labute approximate surface area is 202 Å². The molecule has 0 bridgehead atoms. The molecule has 1 atom stereocenters. The Kier molecular flexibility index (Phi) is 5.46. The van der Waals surface area contributed by atoms with Crippen molar-refractivity contribution in [2.75, 3.05) is 17.2 Å². The van der Waals surface area contributed by atoms with E-state index in [9.17, 15) is 18.0 Å². The van der Waals surface area contributed by atoms with Crippen LogP contribution in [0.5, 0.6) is 0 Å². The Bertz CT molecular complexity index is 1500. The van der Waals surface area contributed by atoms with Crippen LogP contribution in [0.1, 0.15) is 18.1 Å². The van der Waals surface area contributed by atoms with E-state index in [1.807, 2.05) is 6.92 Å². The molecule has 4 aromatic rings. The third-order valence-electron chi connectivity index (χ3n) is 5.57. The summed E-state index contributed by atoms with van der Waals surface area (Å²) in [6.45, 7) is 2.35. The molecule has 1 aromatic carbocycles. The van der Waals surface area contributed by atoms with Crippen molar-refractivity contribution in [3.8, 4) is 11.1 Å². The second-order valence-electron chi connectivity index (χ2n) is 8.07. The Morgan fingerprint density at radius 1 is 1.19 bits per heavy atom. The van der Waals surface area contributed by atoms with Gasteiger partial charge >= 0.3 is 12.2 Å². The van der Waals surface area contributed by atoms with E-state index in [1.54, 1.807) is 22.8 Å². The van der Waals surface area contributed by atoms with Crippen LogP contribution >= 0.6 is 0 Å². The second kappa shape index (κ2) is 8.52. The number of fused-ring (bicyclic) bond motifs is 1. The largest absolute Gasteiger partial charge is 0.475 e. The number of rotatable bonds is 4. The van der Waals surface area contributed by atoms with Gasteiger partial charge in [-0.3, -0.25) is 0 Å². The van der Waals surface area contributed by atoms with E-state index >= 15 is 0 Å². The number of aromatic nitrogens is 4. The summed E-state index contributed by atoms with van der Waals surface area (Å²) in [5, 5.41) is 4.22. The van der Waals surface area contributed by atoms with Gasteiger partial charge in [-0.15, -0.1) is 0 Å². The molecule has 5 rings (SSSR count). The van der Waals surface area contributed by atoms with Gasteiger partial charge in [-0.05, 0) is 36.8 Å². The van der Waals surface area contributed by atoms with Crippen molar-refractivity contribution < 1.29 is 22.7 Å². The van der Waals surface area contributed by atoms with Crippen LogP contribution in [-0.4, -0.2) is 44.2 Å². The van der Waals surface area contributed by atoms with Crippen LogP contribution in [0.15, 0.2) is 60.1 Å². The lowest BCUT2D eigenvalue weighted by Gasteiger charge is -2.21. The second-order valence-corrected chi connectivity index (χ2v) is 8.07. The third kappa shape index (κ3) is 4.04. The number of halogens is 3. The van der Waals surface area contributed by atoms with Crippen LogP contribution in [0, 0.1) is 0 Å². The molecule has 0 spiro atoms. The lowest BCUT2D eigenvalue weighted by atomic mass is 10.0. The molecule has 0 fully saturated rings. The SMILES string of the molecule is CC1COC(c2cn3ncnc(N)c3c2-c2ccc(N(C(N)=O)c3cc(C(F)(F)F)ccn3)cc2)=N1. The number of carbonyl (C=O) groups excluding carboxylic acids is 1. The first-order valence-corrected chi connectivity index (χ1v) is 10.7. The molecule has 3 aromatic heterocycles. The average Bonchev–Trinajstić information content (AvgIpc) is 3.43. The minimum Gasteiger partial charge on any atom is -0.475 e. The van der Waals surface area contributed by atoms with Gasteiger partial charge in [0.1, 0.15) is 24.3 Å². The number of pyridine rings is 1. The molecule has 1 unspecified atom stereocenters. The molecule has 13 heteroatoms. The first-order chi connectivity index (χ1) is 17.1. The summed E-state index contributed by atoms with van der Waals surface area (Å²) in [6, 6.07) is 6.96. The number of alkyl halides is 3. The molecular formula is C23H19F3N8O2. The summed E-state index contributed by atoms with van der Waals surface area (Å²) in [5.41, 5.74) is 13.4. The fraction of sp³-hybridized carbons (Fsp3) is 0.174. The van der Waals surface area contributed by atoms with Crippen molar-refractivity contribution in [2.24, 2.45) is 10.7 Å². The fourth-order valence-corrected chi connectivity index (χ4v) is 3.98. The molecular weight excluding hydrogens is 477 g/mol. The minimum atomic E-state index is -4.61. The van der Waals surface area contributed by atoms with Crippen molar-refractivity contribution in [2.45, 2.75) is 19.1 Å². The third-order valence-corrected chi connectivity index (χ3v) is 5.57. The van der Waals surface area contributed by atoms with Crippen molar-refractivity contribution in [1.82, 2.24) is 19.6 Å². The number of nitrogen functional groups attached to an aromatic ring is 1. The number of nitrogens with zero attached hydrogens (tertiary/aromatic N) is 6. The molecule has 10 nitrogen and oxygen atoms in total. The van der Waals surface area contributed by atoms with Gasteiger partial charge in [0.2, 0.25) is 5.90 Å². The number of ether oxygens (including phenoxy) is 1. The van der Waals surface area contributed by atoms with Gasteiger partial charge in [0, 0.05) is 18.0 Å². The topological polar surface area (TPSA) is 137 Å². The number of hydrogen-bond donors (Lipinski definition) is 2. The molecule has 4 heterocycles. The highest BCUT2D eigenvalue weighted by Crippen LogP contribution is 2.36. The average molecular weight is 496 g/mol. The summed E-state index contributed by atoms with van der Waals surface area (Å²) in [5.74, 6) is 0.396. The molecule has 0 radical (unpaired) electrons. The number of benzene rings is 1. The van der Waals surface area contributed by atoms with Crippen LogP contribution in [-0.2, 0) is 10.9 Å². The molecule has 2 amide bonds. The van der Waals surface area contributed by atoms with Gasteiger partial charge in [0.15, 0.2) is 5.82 Å².